The third kappa shape index (κ3) is 3.42. The van der Waals surface area contributed by atoms with E-state index in [2.05, 4.69) is 10.3 Å². The van der Waals surface area contributed by atoms with Crippen LogP contribution in [0.15, 0.2) is 23.0 Å². The zero-order valence-electron chi connectivity index (χ0n) is 10.2. The fourth-order valence-corrected chi connectivity index (χ4v) is 2.51. The number of benzene rings is 1. The third-order valence-corrected chi connectivity index (χ3v) is 3.61. The number of anilines is 1. The minimum atomic E-state index is -0.478. The Bertz CT molecular complexity index is 587. The van der Waals surface area contributed by atoms with E-state index in [1.54, 1.807) is 22.9 Å². The van der Waals surface area contributed by atoms with Gasteiger partial charge in [-0.15, -0.1) is 11.3 Å². The molecular formula is C12H12ClN3O2S. The number of halogens is 1. The first kappa shape index (κ1) is 13.8. The van der Waals surface area contributed by atoms with Gasteiger partial charge in [-0.25, -0.2) is 4.98 Å². The van der Waals surface area contributed by atoms with Crippen molar-refractivity contribution in [2.24, 2.45) is 0 Å². The molecule has 1 N–H and O–H groups in total. The summed E-state index contributed by atoms with van der Waals surface area (Å²) in [4.78, 5) is 14.5. The van der Waals surface area contributed by atoms with Crippen LogP contribution in [-0.4, -0.2) is 16.5 Å². The monoisotopic (exact) mass is 297 g/mol. The van der Waals surface area contributed by atoms with Crippen LogP contribution in [0.1, 0.15) is 11.3 Å². The minimum Gasteiger partial charge on any atom is -0.384 e. The number of aromatic nitrogens is 1. The van der Waals surface area contributed by atoms with Gasteiger partial charge in [-0.05, 0) is 18.6 Å². The van der Waals surface area contributed by atoms with Crippen LogP contribution >= 0.6 is 22.9 Å². The molecule has 5 nitrogen and oxygen atoms in total. The Hall–Kier alpha value is -1.66. The van der Waals surface area contributed by atoms with Crippen LogP contribution < -0.4 is 5.32 Å². The van der Waals surface area contributed by atoms with Gasteiger partial charge < -0.3 is 5.32 Å². The minimum absolute atomic E-state index is 0.0655. The van der Waals surface area contributed by atoms with Crippen LogP contribution in [0.3, 0.4) is 0 Å². The second-order valence-electron chi connectivity index (χ2n) is 4.03. The summed E-state index contributed by atoms with van der Waals surface area (Å²) < 4.78 is 0. The van der Waals surface area contributed by atoms with Gasteiger partial charge in [-0.1, -0.05) is 11.6 Å². The van der Waals surface area contributed by atoms with E-state index in [0.717, 1.165) is 23.4 Å². The molecule has 0 atom stereocenters. The van der Waals surface area contributed by atoms with Gasteiger partial charge in [0, 0.05) is 30.1 Å². The highest BCUT2D eigenvalue weighted by molar-refractivity contribution is 7.07. The quantitative estimate of drug-likeness (QED) is 0.675. The number of rotatable bonds is 5. The number of nitro groups is 1. The van der Waals surface area contributed by atoms with Crippen LogP contribution in [0, 0.1) is 17.0 Å². The molecule has 0 saturated heterocycles. The molecule has 1 aromatic carbocycles. The fraction of sp³-hybridized carbons (Fsp3) is 0.250. The first-order valence-electron chi connectivity index (χ1n) is 5.63. The first-order chi connectivity index (χ1) is 9.08. The van der Waals surface area contributed by atoms with Gasteiger partial charge in [0.1, 0.15) is 5.02 Å². The molecule has 1 aromatic heterocycles. The van der Waals surface area contributed by atoms with Gasteiger partial charge in [-0.2, -0.15) is 0 Å². The van der Waals surface area contributed by atoms with Crippen molar-refractivity contribution in [2.75, 3.05) is 11.9 Å². The van der Waals surface area contributed by atoms with E-state index in [1.807, 2.05) is 12.3 Å². The predicted molar refractivity (Wildman–Crippen MR) is 77.2 cm³/mol. The molecule has 7 heteroatoms. The summed E-state index contributed by atoms with van der Waals surface area (Å²) >= 11 is 7.44. The second-order valence-corrected chi connectivity index (χ2v) is 5.16. The summed E-state index contributed by atoms with van der Waals surface area (Å²) in [5.41, 5.74) is 4.37. The molecule has 100 valence electrons. The summed E-state index contributed by atoms with van der Waals surface area (Å²) in [5.74, 6) is 0. The maximum absolute atomic E-state index is 10.7. The summed E-state index contributed by atoms with van der Waals surface area (Å²) in [6, 6.07) is 3.07. The Labute approximate surface area is 119 Å². The van der Waals surface area contributed by atoms with Gasteiger partial charge in [0.2, 0.25) is 0 Å². The lowest BCUT2D eigenvalue weighted by atomic mass is 10.1. The van der Waals surface area contributed by atoms with Crippen LogP contribution in [0.2, 0.25) is 5.02 Å². The van der Waals surface area contributed by atoms with Crippen molar-refractivity contribution in [2.45, 2.75) is 13.3 Å². The van der Waals surface area contributed by atoms with E-state index in [-0.39, 0.29) is 10.7 Å². The molecule has 0 fully saturated rings. The number of hydrogen-bond acceptors (Lipinski definition) is 5. The highest BCUT2D eigenvalue weighted by Crippen LogP contribution is 2.30. The van der Waals surface area contributed by atoms with Gasteiger partial charge in [0.25, 0.3) is 5.69 Å². The summed E-state index contributed by atoms with van der Waals surface area (Å²) in [5, 5.41) is 16.1. The molecule has 0 amide bonds. The largest absolute Gasteiger partial charge is 0.384 e. The molecule has 0 spiro atoms. The number of hydrogen-bond donors (Lipinski definition) is 1. The lowest BCUT2D eigenvalue weighted by Crippen LogP contribution is -2.06. The van der Waals surface area contributed by atoms with E-state index in [4.69, 9.17) is 11.6 Å². The molecule has 0 unspecified atom stereocenters. The van der Waals surface area contributed by atoms with Crippen molar-refractivity contribution >= 4 is 34.3 Å². The van der Waals surface area contributed by atoms with Crippen molar-refractivity contribution in [1.29, 1.82) is 0 Å². The number of nitrogens with one attached hydrogen (secondary N) is 1. The maximum atomic E-state index is 10.7. The number of thiazole rings is 1. The van der Waals surface area contributed by atoms with Crippen molar-refractivity contribution in [3.63, 3.8) is 0 Å². The Kier molecular flexibility index (Phi) is 4.34. The highest BCUT2D eigenvalue weighted by atomic mass is 35.5. The zero-order valence-corrected chi connectivity index (χ0v) is 11.8. The topological polar surface area (TPSA) is 68.1 Å². The Balaban J connectivity index is 2.04. The second kappa shape index (κ2) is 5.99. The normalized spacial score (nSPS) is 10.4. The molecule has 0 bridgehead atoms. The maximum Gasteiger partial charge on any atom is 0.288 e. The molecule has 0 aliphatic heterocycles. The summed E-state index contributed by atoms with van der Waals surface area (Å²) in [7, 11) is 0. The van der Waals surface area contributed by atoms with Crippen LogP contribution in [0.4, 0.5) is 11.4 Å². The van der Waals surface area contributed by atoms with Gasteiger partial charge in [-0.3, -0.25) is 10.1 Å². The van der Waals surface area contributed by atoms with Gasteiger partial charge in [0.15, 0.2) is 0 Å². The highest BCUT2D eigenvalue weighted by Gasteiger charge is 2.14. The fourth-order valence-electron chi connectivity index (χ4n) is 1.68. The third-order valence-electron chi connectivity index (χ3n) is 2.67. The number of nitrogens with zero attached hydrogens (tertiary/aromatic N) is 2. The molecular weight excluding hydrogens is 286 g/mol. The molecule has 2 aromatic rings. The smallest absolute Gasteiger partial charge is 0.288 e. The zero-order chi connectivity index (χ0) is 13.8. The predicted octanol–water partition coefficient (Wildman–Crippen LogP) is 3.67. The van der Waals surface area contributed by atoms with E-state index in [9.17, 15) is 10.1 Å². The van der Waals surface area contributed by atoms with E-state index in [1.165, 1.54) is 6.07 Å². The Morgan fingerprint density at radius 2 is 2.32 bits per heavy atom. The molecule has 1 heterocycles. The summed E-state index contributed by atoms with van der Waals surface area (Å²) in [6.07, 6.45) is 0.803. The molecule has 2 rings (SSSR count). The summed E-state index contributed by atoms with van der Waals surface area (Å²) in [6.45, 7) is 2.52. The van der Waals surface area contributed by atoms with Gasteiger partial charge >= 0.3 is 0 Å². The van der Waals surface area contributed by atoms with Crippen molar-refractivity contribution in [1.82, 2.24) is 4.98 Å². The first-order valence-corrected chi connectivity index (χ1v) is 6.95. The van der Waals surface area contributed by atoms with Crippen molar-refractivity contribution in [3.05, 3.63) is 49.4 Å². The molecule has 0 aliphatic carbocycles. The Morgan fingerprint density at radius 3 is 2.95 bits per heavy atom. The average Bonchev–Trinajstić information content (AvgIpc) is 2.85. The van der Waals surface area contributed by atoms with Crippen LogP contribution in [0.5, 0.6) is 0 Å². The van der Waals surface area contributed by atoms with E-state index < -0.39 is 4.92 Å². The number of nitro benzene ring substituents is 1. The van der Waals surface area contributed by atoms with Crippen LogP contribution in [0.25, 0.3) is 0 Å². The van der Waals surface area contributed by atoms with E-state index >= 15 is 0 Å². The lowest BCUT2D eigenvalue weighted by molar-refractivity contribution is -0.384. The molecule has 0 aliphatic rings. The number of aryl methyl sites for hydroxylation is 1. The molecule has 19 heavy (non-hydrogen) atoms. The van der Waals surface area contributed by atoms with Crippen LogP contribution in [-0.2, 0) is 6.42 Å². The lowest BCUT2D eigenvalue weighted by Gasteiger charge is -2.09. The van der Waals surface area contributed by atoms with E-state index in [0.29, 0.717) is 6.54 Å². The van der Waals surface area contributed by atoms with Crippen molar-refractivity contribution in [3.8, 4) is 0 Å². The SMILES string of the molecule is Cc1cc([N+](=O)[O-])c(Cl)cc1NCCc1cscn1. The standard InChI is InChI=1S/C12H12ClN3O2S/c1-8-4-12(16(17)18)10(13)5-11(8)14-3-2-9-6-19-7-15-9/h4-7,14H,2-3H2,1H3. The molecule has 0 radical (unpaired) electrons. The average molecular weight is 298 g/mol. The Morgan fingerprint density at radius 1 is 1.53 bits per heavy atom. The van der Waals surface area contributed by atoms with Gasteiger partial charge in [0.05, 0.1) is 16.1 Å². The van der Waals surface area contributed by atoms with Crippen molar-refractivity contribution < 1.29 is 4.92 Å². The molecule has 0 saturated carbocycles.